The second-order valence-corrected chi connectivity index (χ2v) is 4.56. The van der Waals surface area contributed by atoms with Crippen LogP contribution in [0, 0.1) is 0 Å². The summed E-state index contributed by atoms with van der Waals surface area (Å²) >= 11 is 1.09. The molecule has 5 nitrogen and oxygen atoms in total. The van der Waals surface area contributed by atoms with E-state index in [-0.39, 0.29) is 5.16 Å². The molecule has 0 saturated heterocycles. The predicted molar refractivity (Wildman–Crippen MR) is 65.0 cm³/mol. The van der Waals surface area contributed by atoms with Gasteiger partial charge in [-0.15, -0.1) is 0 Å². The molecule has 9 heteroatoms. The molecule has 0 unspecified atom stereocenters. The molecule has 0 fully saturated rings. The zero-order chi connectivity index (χ0) is 14.6. The van der Waals surface area contributed by atoms with E-state index < -0.39 is 36.3 Å². The van der Waals surface area contributed by atoms with Gasteiger partial charge >= 0.3 is 6.18 Å². The fourth-order valence-electron chi connectivity index (χ4n) is 1.28. The van der Waals surface area contributed by atoms with Crippen molar-refractivity contribution in [3.8, 4) is 0 Å². The Morgan fingerprint density at radius 1 is 1.47 bits per heavy atom. The third-order valence-electron chi connectivity index (χ3n) is 2.36. The van der Waals surface area contributed by atoms with Crippen molar-refractivity contribution in [3.05, 3.63) is 11.8 Å². The van der Waals surface area contributed by atoms with Crippen molar-refractivity contribution >= 4 is 17.6 Å². The summed E-state index contributed by atoms with van der Waals surface area (Å²) in [5.41, 5.74) is -1.04. The first-order valence-corrected chi connectivity index (χ1v) is 6.55. The second kappa shape index (κ2) is 6.40. The number of hydrogen-bond donors (Lipinski definition) is 3. The van der Waals surface area contributed by atoms with Gasteiger partial charge in [-0.3, -0.25) is 0 Å². The third-order valence-corrected chi connectivity index (χ3v) is 2.92. The predicted octanol–water partition coefficient (Wildman–Crippen LogP) is 1.37. The number of aliphatic hydroxyl groups excluding tert-OH is 2. The van der Waals surface area contributed by atoms with Gasteiger partial charge in [-0.05, 0) is 13.2 Å². The minimum atomic E-state index is -4.61. The Labute approximate surface area is 112 Å². The minimum absolute atomic E-state index is 0.165. The van der Waals surface area contributed by atoms with Crippen LogP contribution in [-0.4, -0.2) is 45.2 Å². The molecule has 19 heavy (non-hydrogen) atoms. The molecule has 2 atom stereocenters. The van der Waals surface area contributed by atoms with E-state index in [0.717, 1.165) is 11.8 Å². The van der Waals surface area contributed by atoms with Gasteiger partial charge in [0.05, 0.1) is 18.8 Å². The number of nitrogens with zero attached hydrogens (tertiary/aromatic N) is 2. The molecule has 1 heterocycles. The maximum Gasteiger partial charge on any atom is 0.421 e. The van der Waals surface area contributed by atoms with Gasteiger partial charge in [0.2, 0.25) is 0 Å². The van der Waals surface area contributed by atoms with Gasteiger partial charge in [0, 0.05) is 6.20 Å². The van der Waals surface area contributed by atoms with E-state index in [4.69, 9.17) is 5.11 Å². The quantitative estimate of drug-likeness (QED) is 0.563. The van der Waals surface area contributed by atoms with E-state index in [1.165, 1.54) is 6.92 Å². The summed E-state index contributed by atoms with van der Waals surface area (Å²) in [4.78, 5) is 7.30. The number of hydrogen-bond acceptors (Lipinski definition) is 6. The van der Waals surface area contributed by atoms with Gasteiger partial charge in [-0.2, -0.15) is 13.2 Å². The van der Waals surface area contributed by atoms with Crippen molar-refractivity contribution in [3.63, 3.8) is 0 Å². The molecule has 0 saturated carbocycles. The molecule has 0 radical (unpaired) electrons. The summed E-state index contributed by atoms with van der Waals surface area (Å²) < 4.78 is 38.4. The highest BCUT2D eigenvalue weighted by atomic mass is 32.2. The van der Waals surface area contributed by atoms with Gasteiger partial charge in [0.1, 0.15) is 11.4 Å². The summed E-state index contributed by atoms with van der Waals surface area (Å²) in [7, 11) is 0. The first kappa shape index (κ1) is 16.0. The van der Waals surface area contributed by atoms with E-state index in [0.29, 0.717) is 6.20 Å². The molecule has 108 valence electrons. The minimum Gasteiger partial charge on any atom is -0.394 e. The molecule has 1 aromatic heterocycles. The van der Waals surface area contributed by atoms with E-state index in [2.05, 4.69) is 15.3 Å². The fraction of sp³-hybridized carbons (Fsp3) is 0.600. The topological polar surface area (TPSA) is 78.3 Å². The molecular weight excluding hydrogens is 283 g/mol. The van der Waals surface area contributed by atoms with Crippen LogP contribution >= 0.6 is 11.8 Å². The molecule has 0 aromatic carbocycles. The Bertz CT molecular complexity index is 429. The van der Waals surface area contributed by atoms with Gasteiger partial charge in [0.15, 0.2) is 5.16 Å². The first-order valence-electron chi connectivity index (χ1n) is 5.33. The lowest BCUT2D eigenvalue weighted by Crippen LogP contribution is -2.36. The van der Waals surface area contributed by atoms with Crippen molar-refractivity contribution in [2.75, 3.05) is 18.2 Å². The molecule has 0 aliphatic carbocycles. The van der Waals surface area contributed by atoms with Crippen LogP contribution in [0.2, 0.25) is 0 Å². The number of halogens is 3. The van der Waals surface area contributed by atoms with Gasteiger partial charge in [-0.1, -0.05) is 11.8 Å². The number of anilines is 1. The monoisotopic (exact) mass is 297 g/mol. The van der Waals surface area contributed by atoms with E-state index >= 15 is 0 Å². The van der Waals surface area contributed by atoms with Crippen LogP contribution in [-0.2, 0) is 6.18 Å². The van der Waals surface area contributed by atoms with E-state index in [9.17, 15) is 18.3 Å². The molecular formula is C10H14F3N3O2S. The molecule has 0 aliphatic heterocycles. The largest absolute Gasteiger partial charge is 0.421 e. The molecule has 0 spiro atoms. The van der Waals surface area contributed by atoms with Crippen LogP contribution < -0.4 is 5.32 Å². The number of nitrogens with one attached hydrogen (secondary N) is 1. The zero-order valence-corrected chi connectivity index (χ0v) is 11.1. The molecule has 1 aromatic rings. The lowest BCUT2D eigenvalue weighted by atomic mass is 10.2. The fourth-order valence-corrected chi connectivity index (χ4v) is 1.62. The Morgan fingerprint density at radius 2 is 2.11 bits per heavy atom. The first-order chi connectivity index (χ1) is 8.79. The third kappa shape index (κ3) is 4.22. The summed E-state index contributed by atoms with van der Waals surface area (Å²) in [6.07, 6.45) is -3.33. The van der Waals surface area contributed by atoms with Crippen molar-refractivity contribution < 1.29 is 23.4 Å². The van der Waals surface area contributed by atoms with Crippen LogP contribution in [0.4, 0.5) is 19.0 Å². The lowest BCUT2D eigenvalue weighted by molar-refractivity contribution is -0.137. The highest BCUT2D eigenvalue weighted by molar-refractivity contribution is 7.98. The number of alkyl halides is 3. The summed E-state index contributed by atoms with van der Waals surface area (Å²) in [6.45, 7) is 0.839. The Balaban J connectivity index is 3.14. The molecule has 0 aliphatic rings. The maximum absolute atomic E-state index is 12.8. The van der Waals surface area contributed by atoms with Crippen LogP contribution in [0.3, 0.4) is 0 Å². The van der Waals surface area contributed by atoms with Crippen molar-refractivity contribution in [1.82, 2.24) is 9.97 Å². The van der Waals surface area contributed by atoms with Crippen LogP contribution in [0.5, 0.6) is 0 Å². The summed E-state index contributed by atoms with van der Waals surface area (Å²) in [5.74, 6) is -0.452. The van der Waals surface area contributed by atoms with Gasteiger partial charge in [0.25, 0.3) is 0 Å². The van der Waals surface area contributed by atoms with E-state index in [1.54, 1.807) is 6.26 Å². The smallest absolute Gasteiger partial charge is 0.394 e. The van der Waals surface area contributed by atoms with Crippen LogP contribution in [0.1, 0.15) is 12.5 Å². The highest BCUT2D eigenvalue weighted by Gasteiger charge is 2.36. The molecule has 3 N–H and O–H groups in total. The summed E-state index contributed by atoms with van der Waals surface area (Å²) in [5, 5.41) is 20.9. The summed E-state index contributed by atoms with van der Waals surface area (Å²) in [6, 6.07) is -0.939. The van der Waals surface area contributed by atoms with Crippen LogP contribution in [0.15, 0.2) is 11.4 Å². The van der Waals surface area contributed by atoms with Gasteiger partial charge in [-0.25, -0.2) is 9.97 Å². The molecule has 0 amide bonds. The Morgan fingerprint density at radius 3 is 2.53 bits per heavy atom. The number of thioether (sulfide) groups is 1. The lowest BCUT2D eigenvalue weighted by Gasteiger charge is -2.22. The standard InChI is InChI=1S/C10H14F3N3O2S/c1-5(18)7(4-17)15-8-6(10(11,12)13)3-14-9(16-8)19-2/h3,5,7,17-18H,4H2,1-2H3,(H,14,15,16)/t5-,7-/m1/s1. The second-order valence-electron chi connectivity index (χ2n) is 3.79. The van der Waals surface area contributed by atoms with Crippen LogP contribution in [0.25, 0.3) is 0 Å². The average Bonchev–Trinajstić information content (AvgIpc) is 2.33. The van der Waals surface area contributed by atoms with Crippen molar-refractivity contribution in [2.45, 2.75) is 30.4 Å². The van der Waals surface area contributed by atoms with Gasteiger partial charge < -0.3 is 15.5 Å². The number of aromatic nitrogens is 2. The maximum atomic E-state index is 12.8. The molecule has 0 bridgehead atoms. The highest BCUT2D eigenvalue weighted by Crippen LogP contribution is 2.34. The van der Waals surface area contributed by atoms with Crippen molar-refractivity contribution in [1.29, 1.82) is 0 Å². The molecule has 1 rings (SSSR count). The number of aliphatic hydroxyl groups is 2. The number of rotatable bonds is 5. The SMILES string of the molecule is CSc1ncc(C(F)(F)F)c(N[C@H](CO)[C@@H](C)O)n1. The van der Waals surface area contributed by atoms with E-state index in [1.807, 2.05) is 0 Å². The van der Waals surface area contributed by atoms with Crippen molar-refractivity contribution in [2.24, 2.45) is 0 Å². The Kier molecular flexibility index (Phi) is 5.39. The normalized spacial score (nSPS) is 15.1. The average molecular weight is 297 g/mol. The zero-order valence-electron chi connectivity index (χ0n) is 10.3. The Hall–Kier alpha value is -1.06.